The van der Waals surface area contributed by atoms with E-state index >= 15 is 0 Å². The van der Waals surface area contributed by atoms with Gasteiger partial charge in [-0.3, -0.25) is 9.59 Å². The lowest BCUT2D eigenvalue weighted by Crippen LogP contribution is -2.54. The molecule has 2 aromatic rings. The topological polar surface area (TPSA) is 93.0 Å². The normalized spacial score (nSPS) is 19.9. The maximum absolute atomic E-state index is 12.9. The second-order valence-corrected chi connectivity index (χ2v) is 10.4. The van der Waals surface area contributed by atoms with Crippen molar-refractivity contribution >= 4 is 23.3 Å². The van der Waals surface area contributed by atoms with Crippen LogP contribution in [0.2, 0.25) is 0 Å². The molecule has 3 heterocycles. The fourth-order valence-corrected chi connectivity index (χ4v) is 5.51. The molecule has 9 heteroatoms. The van der Waals surface area contributed by atoms with Gasteiger partial charge in [-0.1, -0.05) is 18.2 Å². The zero-order valence-corrected chi connectivity index (χ0v) is 22.3. The second kappa shape index (κ2) is 11.4. The Hall–Kier alpha value is -3.64. The lowest BCUT2D eigenvalue weighted by molar-refractivity contribution is -0.134. The molecule has 1 aliphatic carbocycles. The van der Waals surface area contributed by atoms with Gasteiger partial charge >= 0.3 is 0 Å². The van der Waals surface area contributed by atoms with Gasteiger partial charge < -0.3 is 24.3 Å². The van der Waals surface area contributed by atoms with Crippen LogP contribution in [0, 0.1) is 11.3 Å². The van der Waals surface area contributed by atoms with Crippen molar-refractivity contribution < 1.29 is 14.3 Å². The molecule has 0 radical (unpaired) electrons. The van der Waals surface area contributed by atoms with Crippen LogP contribution in [0.25, 0.3) is 0 Å². The maximum Gasteiger partial charge on any atom is 0.253 e. The molecule has 9 nitrogen and oxygen atoms in total. The van der Waals surface area contributed by atoms with E-state index in [9.17, 15) is 14.9 Å². The molecule has 0 spiro atoms. The van der Waals surface area contributed by atoms with Crippen LogP contribution in [-0.2, 0) is 9.53 Å². The number of aromatic nitrogens is 1. The number of methoxy groups -OCH3 is 1. The highest BCUT2D eigenvalue weighted by molar-refractivity contribution is 5.94. The van der Waals surface area contributed by atoms with E-state index in [2.05, 4.69) is 22.8 Å². The molecular formula is C29H36N6O3. The summed E-state index contributed by atoms with van der Waals surface area (Å²) in [5, 5.41) is 10.1. The summed E-state index contributed by atoms with van der Waals surface area (Å²) in [6.07, 6.45) is 2.60. The highest BCUT2D eigenvalue weighted by Crippen LogP contribution is 2.45. The number of anilines is 2. The van der Waals surface area contributed by atoms with Crippen molar-refractivity contribution in [2.45, 2.75) is 38.1 Å². The predicted molar refractivity (Wildman–Crippen MR) is 145 cm³/mol. The van der Waals surface area contributed by atoms with E-state index in [1.807, 2.05) is 46.2 Å². The van der Waals surface area contributed by atoms with E-state index in [-0.39, 0.29) is 17.9 Å². The molecule has 5 rings (SSSR count). The van der Waals surface area contributed by atoms with Crippen molar-refractivity contribution in [1.29, 1.82) is 5.26 Å². The van der Waals surface area contributed by atoms with Crippen molar-refractivity contribution in [1.82, 2.24) is 14.8 Å². The molecule has 38 heavy (non-hydrogen) atoms. The zero-order chi connectivity index (χ0) is 26.6. The summed E-state index contributed by atoms with van der Waals surface area (Å²) in [4.78, 5) is 38.9. The van der Waals surface area contributed by atoms with E-state index in [0.717, 1.165) is 30.0 Å². The van der Waals surface area contributed by atoms with Gasteiger partial charge in [-0.25, -0.2) is 4.98 Å². The van der Waals surface area contributed by atoms with Gasteiger partial charge in [0, 0.05) is 70.4 Å². The molecule has 2 amide bonds. The first-order valence-corrected chi connectivity index (χ1v) is 13.6. The van der Waals surface area contributed by atoms with Crippen LogP contribution in [0.3, 0.4) is 0 Å². The van der Waals surface area contributed by atoms with E-state index in [1.165, 1.54) is 0 Å². The summed E-state index contributed by atoms with van der Waals surface area (Å²) in [6.45, 7) is 7.07. The Morgan fingerprint density at radius 2 is 1.76 bits per heavy atom. The third kappa shape index (κ3) is 5.46. The van der Waals surface area contributed by atoms with Crippen LogP contribution in [0.4, 0.5) is 11.5 Å². The largest absolute Gasteiger partial charge is 0.384 e. The van der Waals surface area contributed by atoms with Crippen LogP contribution in [0.5, 0.6) is 0 Å². The SMILES string of the molecule is COCCC(=O)N1CCN(c2nc(C3CC3)c(N3CCN(C(=O)c4ccccc4)CC3)cc2C#N)C[C@H]1C. The number of nitriles is 1. The standard InChI is InChI=1S/C29H36N6O3/c1-21-20-34(15-16-35(21)26(36)10-17-38-2)28-24(19-30)18-25(27(31-28)22-8-9-22)32-11-13-33(14-12-32)29(37)23-6-4-3-5-7-23/h3-7,18,21-22H,8-17,20H2,1-2H3/t21-/m1/s1. The molecule has 3 aliphatic rings. The Kier molecular flexibility index (Phi) is 7.79. The number of rotatable bonds is 7. The summed E-state index contributed by atoms with van der Waals surface area (Å²) in [6, 6.07) is 13.8. The number of ether oxygens (including phenoxy) is 1. The number of pyridine rings is 1. The van der Waals surface area contributed by atoms with E-state index in [1.54, 1.807) is 7.11 Å². The number of nitrogens with zero attached hydrogens (tertiary/aromatic N) is 6. The molecule has 2 aliphatic heterocycles. The van der Waals surface area contributed by atoms with Gasteiger partial charge in [0.25, 0.3) is 5.91 Å². The molecule has 0 bridgehead atoms. The van der Waals surface area contributed by atoms with Crippen LogP contribution < -0.4 is 9.80 Å². The van der Waals surface area contributed by atoms with E-state index in [4.69, 9.17) is 9.72 Å². The number of benzene rings is 1. The Labute approximate surface area is 224 Å². The van der Waals surface area contributed by atoms with Crippen LogP contribution in [0.15, 0.2) is 36.4 Å². The van der Waals surface area contributed by atoms with Crippen LogP contribution >= 0.6 is 0 Å². The van der Waals surface area contributed by atoms with E-state index in [0.29, 0.717) is 75.9 Å². The molecule has 1 aromatic carbocycles. The van der Waals surface area contributed by atoms with Gasteiger partial charge in [-0.05, 0) is 38.0 Å². The Morgan fingerprint density at radius 3 is 2.39 bits per heavy atom. The average Bonchev–Trinajstić information content (AvgIpc) is 3.81. The third-order valence-corrected chi connectivity index (χ3v) is 7.79. The van der Waals surface area contributed by atoms with Crippen molar-refractivity contribution in [2.75, 3.05) is 69.3 Å². The quantitative estimate of drug-likeness (QED) is 0.559. The van der Waals surface area contributed by atoms with Crippen molar-refractivity contribution in [2.24, 2.45) is 0 Å². The van der Waals surface area contributed by atoms with Gasteiger partial charge in [0.1, 0.15) is 11.9 Å². The molecule has 1 saturated carbocycles. The van der Waals surface area contributed by atoms with Gasteiger partial charge in [0.2, 0.25) is 5.91 Å². The number of piperazine rings is 2. The number of carbonyl (C=O) groups excluding carboxylic acids is 2. The first-order valence-electron chi connectivity index (χ1n) is 13.6. The number of carbonyl (C=O) groups is 2. The summed E-state index contributed by atoms with van der Waals surface area (Å²) in [5.74, 6) is 1.31. The van der Waals surface area contributed by atoms with Gasteiger partial charge in [-0.15, -0.1) is 0 Å². The lowest BCUT2D eigenvalue weighted by atomic mass is 10.1. The van der Waals surface area contributed by atoms with Crippen molar-refractivity contribution in [3.63, 3.8) is 0 Å². The summed E-state index contributed by atoms with van der Waals surface area (Å²) >= 11 is 0. The highest BCUT2D eigenvalue weighted by Gasteiger charge is 2.35. The van der Waals surface area contributed by atoms with Gasteiger partial charge in [-0.2, -0.15) is 5.26 Å². The smallest absolute Gasteiger partial charge is 0.253 e. The second-order valence-electron chi connectivity index (χ2n) is 10.4. The predicted octanol–water partition coefficient (Wildman–Crippen LogP) is 2.87. The van der Waals surface area contributed by atoms with E-state index < -0.39 is 0 Å². The fourth-order valence-electron chi connectivity index (χ4n) is 5.51. The Balaban J connectivity index is 1.31. The maximum atomic E-state index is 12.9. The molecule has 1 aromatic heterocycles. The van der Waals surface area contributed by atoms with Crippen molar-refractivity contribution in [3.8, 4) is 6.07 Å². The molecule has 200 valence electrons. The molecule has 0 N–H and O–H groups in total. The first kappa shape index (κ1) is 26.0. The first-order chi connectivity index (χ1) is 18.5. The summed E-state index contributed by atoms with van der Waals surface area (Å²) in [7, 11) is 1.61. The Morgan fingerprint density at radius 1 is 1.05 bits per heavy atom. The minimum atomic E-state index is 0.0285. The zero-order valence-electron chi connectivity index (χ0n) is 22.3. The summed E-state index contributed by atoms with van der Waals surface area (Å²) in [5.41, 5.74) is 3.37. The molecule has 3 fully saturated rings. The molecule has 2 saturated heterocycles. The minimum absolute atomic E-state index is 0.0285. The molecular weight excluding hydrogens is 480 g/mol. The number of hydrogen-bond donors (Lipinski definition) is 0. The molecule has 0 unspecified atom stereocenters. The van der Waals surface area contributed by atoms with Gasteiger partial charge in [0.05, 0.1) is 30.0 Å². The number of hydrogen-bond acceptors (Lipinski definition) is 7. The third-order valence-electron chi connectivity index (χ3n) is 7.79. The van der Waals surface area contributed by atoms with Crippen LogP contribution in [-0.4, -0.2) is 92.2 Å². The summed E-state index contributed by atoms with van der Waals surface area (Å²) < 4.78 is 5.07. The van der Waals surface area contributed by atoms with Gasteiger partial charge in [0.15, 0.2) is 0 Å². The highest BCUT2D eigenvalue weighted by atomic mass is 16.5. The Bertz CT molecular complexity index is 1200. The van der Waals surface area contributed by atoms with Crippen molar-refractivity contribution in [3.05, 3.63) is 53.2 Å². The van der Waals surface area contributed by atoms with Crippen LogP contribution in [0.1, 0.15) is 53.7 Å². The average molecular weight is 517 g/mol. The monoisotopic (exact) mass is 516 g/mol. The number of amides is 2. The lowest BCUT2D eigenvalue weighted by Gasteiger charge is -2.41. The fraction of sp³-hybridized carbons (Fsp3) is 0.517. The minimum Gasteiger partial charge on any atom is -0.384 e. The molecule has 1 atom stereocenters.